The normalized spacial score (nSPS) is 20.5. The van der Waals surface area contributed by atoms with Gasteiger partial charge in [-0.3, -0.25) is 14.4 Å². The number of Topliss-reactive ketones (excluding diaryl/α,β-unsaturated/α-hetero) is 1. The zero-order chi connectivity index (χ0) is 8.65. The van der Waals surface area contributed by atoms with Gasteiger partial charge < -0.3 is 10.8 Å². The monoisotopic (exact) mass is 157 g/mol. The molecule has 0 spiro atoms. The van der Waals surface area contributed by atoms with Crippen LogP contribution in [-0.4, -0.2) is 22.8 Å². The SMILES string of the molecule is NC(=O)C1(C(=O)O)CC(=O)C1. The van der Waals surface area contributed by atoms with Crippen molar-refractivity contribution in [2.75, 3.05) is 0 Å². The molecule has 0 saturated heterocycles. The first-order valence-corrected chi connectivity index (χ1v) is 3.04. The zero-order valence-corrected chi connectivity index (χ0v) is 5.66. The molecule has 1 saturated carbocycles. The highest BCUT2D eigenvalue weighted by atomic mass is 16.4. The number of primary amides is 1. The standard InChI is InChI=1S/C6H7NO4/c7-4(9)6(5(10)11)1-3(8)2-6/h1-2H2,(H2,7,9)(H,10,11). The summed E-state index contributed by atoms with van der Waals surface area (Å²) in [4.78, 5) is 31.5. The highest BCUT2D eigenvalue weighted by Crippen LogP contribution is 2.37. The third-order valence-electron chi connectivity index (χ3n) is 1.88. The fourth-order valence-electron chi connectivity index (χ4n) is 1.05. The van der Waals surface area contributed by atoms with Gasteiger partial charge >= 0.3 is 5.97 Å². The lowest BCUT2D eigenvalue weighted by Crippen LogP contribution is -2.53. The average molecular weight is 157 g/mol. The Bertz CT molecular complexity index is 221. The second-order valence-corrected chi connectivity index (χ2v) is 2.64. The van der Waals surface area contributed by atoms with Crippen LogP contribution in [0, 0.1) is 5.41 Å². The maximum Gasteiger partial charge on any atom is 0.320 e. The molecule has 3 N–H and O–H groups in total. The molecule has 1 amide bonds. The Morgan fingerprint density at radius 1 is 1.45 bits per heavy atom. The van der Waals surface area contributed by atoms with Crippen LogP contribution in [0.25, 0.3) is 0 Å². The summed E-state index contributed by atoms with van der Waals surface area (Å²) in [5.74, 6) is -2.46. The molecule has 1 aliphatic carbocycles. The molecule has 0 aromatic carbocycles. The molecular formula is C6H7NO4. The number of hydrogen-bond acceptors (Lipinski definition) is 3. The maximum absolute atomic E-state index is 10.6. The van der Waals surface area contributed by atoms with Crippen molar-refractivity contribution in [2.45, 2.75) is 12.8 Å². The summed E-state index contributed by atoms with van der Waals surface area (Å²) < 4.78 is 0. The molecule has 0 bridgehead atoms. The Morgan fingerprint density at radius 2 is 1.91 bits per heavy atom. The van der Waals surface area contributed by atoms with Gasteiger partial charge in [0.2, 0.25) is 5.91 Å². The van der Waals surface area contributed by atoms with Crippen molar-refractivity contribution in [3.8, 4) is 0 Å². The number of aliphatic carboxylic acids is 1. The van der Waals surface area contributed by atoms with E-state index >= 15 is 0 Å². The quantitative estimate of drug-likeness (QED) is 0.497. The van der Waals surface area contributed by atoms with E-state index in [0.29, 0.717) is 0 Å². The summed E-state index contributed by atoms with van der Waals surface area (Å²) in [7, 11) is 0. The average Bonchev–Trinajstić information content (AvgIpc) is 1.78. The molecule has 0 aliphatic heterocycles. The zero-order valence-electron chi connectivity index (χ0n) is 5.66. The predicted molar refractivity (Wildman–Crippen MR) is 33.5 cm³/mol. The highest BCUT2D eigenvalue weighted by Gasteiger charge is 2.55. The molecule has 0 aromatic rings. The number of amides is 1. The number of ketones is 1. The second kappa shape index (κ2) is 2.05. The van der Waals surface area contributed by atoms with Gasteiger partial charge in [0.1, 0.15) is 5.78 Å². The molecule has 1 fully saturated rings. The van der Waals surface area contributed by atoms with Crippen LogP contribution >= 0.6 is 0 Å². The molecule has 0 aromatic heterocycles. The molecule has 1 rings (SSSR count). The van der Waals surface area contributed by atoms with Crippen molar-refractivity contribution >= 4 is 17.7 Å². The van der Waals surface area contributed by atoms with E-state index in [1.165, 1.54) is 0 Å². The lowest BCUT2D eigenvalue weighted by Gasteiger charge is -2.32. The number of rotatable bonds is 2. The van der Waals surface area contributed by atoms with Crippen LogP contribution < -0.4 is 5.73 Å². The van der Waals surface area contributed by atoms with Gasteiger partial charge in [0, 0.05) is 12.8 Å². The summed E-state index contributed by atoms with van der Waals surface area (Å²) in [5.41, 5.74) is 3.22. The van der Waals surface area contributed by atoms with Gasteiger partial charge in [0.25, 0.3) is 0 Å². The smallest absolute Gasteiger partial charge is 0.320 e. The van der Waals surface area contributed by atoms with E-state index in [0.717, 1.165) is 0 Å². The van der Waals surface area contributed by atoms with Gasteiger partial charge in [0.15, 0.2) is 5.41 Å². The molecule has 1 aliphatic rings. The maximum atomic E-state index is 10.6. The van der Waals surface area contributed by atoms with E-state index in [4.69, 9.17) is 10.8 Å². The van der Waals surface area contributed by atoms with Crippen LogP contribution in [0.2, 0.25) is 0 Å². The van der Waals surface area contributed by atoms with Crippen LogP contribution in [0.5, 0.6) is 0 Å². The molecule has 60 valence electrons. The van der Waals surface area contributed by atoms with Gasteiger partial charge in [-0.05, 0) is 0 Å². The minimum absolute atomic E-state index is 0.230. The molecule has 0 unspecified atom stereocenters. The van der Waals surface area contributed by atoms with E-state index in [9.17, 15) is 14.4 Å². The topological polar surface area (TPSA) is 97.5 Å². The third-order valence-corrected chi connectivity index (χ3v) is 1.88. The van der Waals surface area contributed by atoms with Crippen LogP contribution in [0.15, 0.2) is 0 Å². The Labute approximate surface area is 62.2 Å². The number of carboxylic acids is 1. The summed E-state index contributed by atoms with van der Waals surface area (Å²) in [6.07, 6.45) is -0.505. The third kappa shape index (κ3) is 0.886. The van der Waals surface area contributed by atoms with E-state index in [1.807, 2.05) is 0 Å². The van der Waals surface area contributed by atoms with E-state index < -0.39 is 17.3 Å². The van der Waals surface area contributed by atoms with Crippen molar-refractivity contribution in [2.24, 2.45) is 11.1 Å². The van der Waals surface area contributed by atoms with E-state index in [1.54, 1.807) is 0 Å². The predicted octanol–water partition coefficient (Wildman–Crippen LogP) is -1.09. The van der Waals surface area contributed by atoms with Crippen molar-refractivity contribution in [3.05, 3.63) is 0 Å². The molecule has 0 atom stereocenters. The number of carbonyl (C=O) groups excluding carboxylic acids is 2. The van der Waals surface area contributed by atoms with Crippen molar-refractivity contribution in [1.82, 2.24) is 0 Å². The number of carbonyl (C=O) groups is 3. The van der Waals surface area contributed by atoms with Gasteiger partial charge in [0.05, 0.1) is 0 Å². The van der Waals surface area contributed by atoms with Gasteiger partial charge in [-0.25, -0.2) is 0 Å². The number of carboxylic acid groups (broad SMARTS) is 1. The lowest BCUT2D eigenvalue weighted by molar-refractivity contribution is -0.165. The highest BCUT2D eigenvalue weighted by molar-refractivity contribution is 6.12. The van der Waals surface area contributed by atoms with Crippen molar-refractivity contribution in [1.29, 1.82) is 0 Å². The first kappa shape index (κ1) is 7.71. The van der Waals surface area contributed by atoms with E-state index in [2.05, 4.69) is 0 Å². The largest absolute Gasteiger partial charge is 0.480 e. The molecular weight excluding hydrogens is 150 g/mol. The minimum atomic E-state index is -1.60. The fourth-order valence-corrected chi connectivity index (χ4v) is 1.05. The molecule has 5 nitrogen and oxygen atoms in total. The molecule has 5 heteroatoms. The Morgan fingerprint density at radius 3 is 2.00 bits per heavy atom. The van der Waals surface area contributed by atoms with Crippen LogP contribution in [-0.2, 0) is 14.4 Å². The van der Waals surface area contributed by atoms with E-state index in [-0.39, 0.29) is 18.6 Å². The van der Waals surface area contributed by atoms with Crippen molar-refractivity contribution < 1.29 is 19.5 Å². The number of hydrogen-bond donors (Lipinski definition) is 2. The first-order chi connectivity index (χ1) is 4.99. The number of nitrogens with two attached hydrogens (primary N) is 1. The van der Waals surface area contributed by atoms with Gasteiger partial charge in [-0.2, -0.15) is 0 Å². The van der Waals surface area contributed by atoms with Gasteiger partial charge in [-0.1, -0.05) is 0 Å². The summed E-state index contributed by atoms with van der Waals surface area (Å²) in [6, 6.07) is 0. The lowest BCUT2D eigenvalue weighted by atomic mass is 9.67. The van der Waals surface area contributed by atoms with Crippen LogP contribution in [0.3, 0.4) is 0 Å². The van der Waals surface area contributed by atoms with Gasteiger partial charge in [-0.15, -0.1) is 0 Å². The summed E-state index contributed by atoms with van der Waals surface area (Å²) in [5, 5.41) is 8.52. The Hall–Kier alpha value is -1.39. The Kier molecular flexibility index (Phi) is 1.44. The van der Waals surface area contributed by atoms with Crippen LogP contribution in [0.1, 0.15) is 12.8 Å². The van der Waals surface area contributed by atoms with Crippen LogP contribution in [0.4, 0.5) is 0 Å². The van der Waals surface area contributed by atoms with Crippen molar-refractivity contribution in [3.63, 3.8) is 0 Å². The molecule has 0 radical (unpaired) electrons. The summed E-state index contributed by atoms with van der Waals surface area (Å²) in [6.45, 7) is 0. The second-order valence-electron chi connectivity index (χ2n) is 2.64. The molecule has 11 heavy (non-hydrogen) atoms. The Balaban J connectivity index is 2.85. The minimum Gasteiger partial charge on any atom is -0.480 e. The fraction of sp³-hybridized carbons (Fsp3) is 0.500. The molecule has 0 heterocycles. The summed E-state index contributed by atoms with van der Waals surface area (Å²) >= 11 is 0. The first-order valence-electron chi connectivity index (χ1n) is 3.04.